The lowest BCUT2D eigenvalue weighted by atomic mass is 10.1. The minimum atomic E-state index is 0.584. The Labute approximate surface area is 109 Å². The lowest BCUT2D eigenvalue weighted by Gasteiger charge is -2.09. The van der Waals surface area contributed by atoms with Crippen molar-refractivity contribution in [2.24, 2.45) is 0 Å². The molecule has 1 aromatic carbocycles. The van der Waals surface area contributed by atoms with E-state index in [2.05, 4.69) is 54.3 Å². The minimum absolute atomic E-state index is 0.584. The molecule has 0 fully saturated rings. The Bertz CT molecular complexity index is 501. The maximum atomic E-state index is 4.62. The summed E-state index contributed by atoms with van der Waals surface area (Å²) < 4.78 is 0. The van der Waals surface area contributed by atoms with Crippen LogP contribution in [0.2, 0.25) is 0 Å². The fourth-order valence-electron chi connectivity index (χ4n) is 2.03. The second-order valence-electron chi connectivity index (χ2n) is 4.90. The Morgan fingerprint density at radius 1 is 1.33 bits per heavy atom. The third-order valence-electron chi connectivity index (χ3n) is 3.47. The highest BCUT2D eigenvalue weighted by atomic mass is 14.9. The average molecular weight is 245 g/mol. The first-order chi connectivity index (χ1) is 8.72. The number of nitrogens with one attached hydrogen (secondary N) is 2. The van der Waals surface area contributed by atoms with E-state index in [1.54, 1.807) is 0 Å². The molecule has 0 aliphatic rings. The summed E-state index contributed by atoms with van der Waals surface area (Å²) >= 11 is 0. The van der Waals surface area contributed by atoms with Crippen LogP contribution in [0.25, 0.3) is 11.0 Å². The van der Waals surface area contributed by atoms with Gasteiger partial charge in [-0.05, 0) is 37.5 Å². The molecule has 0 radical (unpaired) electrons. The summed E-state index contributed by atoms with van der Waals surface area (Å²) in [7, 11) is 0. The largest absolute Gasteiger partial charge is 0.342 e. The van der Waals surface area contributed by atoms with Crippen LogP contribution in [0.3, 0.4) is 0 Å². The molecular formula is C15H23N3. The van der Waals surface area contributed by atoms with E-state index < -0.39 is 0 Å². The van der Waals surface area contributed by atoms with E-state index in [-0.39, 0.29) is 0 Å². The molecule has 0 bridgehead atoms. The summed E-state index contributed by atoms with van der Waals surface area (Å²) in [5.41, 5.74) is 3.59. The zero-order chi connectivity index (χ0) is 13.0. The van der Waals surface area contributed by atoms with E-state index in [9.17, 15) is 0 Å². The molecule has 2 N–H and O–H groups in total. The average Bonchev–Trinajstić information content (AvgIpc) is 2.79. The molecule has 0 saturated heterocycles. The van der Waals surface area contributed by atoms with E-state index in [1.165, 1.54) is 12.0 Å². The number of aromatic nitrogens is 2. The smallest absolute Gasteiger partial charge is 0.108 e. The topological polar surface area (TPSA) is 40.7 Å². The van der Waals surface area contributed by atoms with Gasteiger partial charge in [0.25, 0.3) is 0 Å². The van der Waals surface area contributed by atoms with Crippen molar-refractivity contribution < 1.29 is 0 Å². The highest BCUT2D eigenvalue weighted by Gasteiger charge is 2.04. The number of fused-ring (bicyclic) bond motifs is 1. The fourth-order valence-corrected chi connectivity index (χ4v) is 2.03. The molecule has 1 atom stereocenters. The van der Waals surface area contributed by atoms with Crippen molar-refractivity contribution in [2.75, 3.05) is 6.54 Å². The normalized spacial score (nSPS) is 13.1. The predicted octanol–water partition coefficient (Wildman–Crippen LogP) is 3.06. The lowest BCUT2D eigenvalue weighted by molar-refractivity contribution is 0.534. The molecule has 0 aliphatic heterocycles. The van der Waals surface area contributed by atoms with Gasteiger partial charge < -0.3 is 10.3 Å². The molecule has 1 heterocycles. The van der Waals surface area contributed by atoms with Crippen LogP contribution in [-0.2, 0) is 12.8 Å². The Hall–Kier alpha value is -1.35. The molecule has 0 aliphatic carbocycles. The standard InChI is InChI=1S/C15H23N3/c1-4-11(3)16-9-8-15-17-13-7-6-12(5-2)10-14(13)18-15/h6-7,10-11,16H,4-5,8-9H2,1-3H3,(H,17,18). The summed E-state index contributed by atoms with van der Waals surface area (Å²) in [6, 6.07) is 7.05. The summed E-state index contributed by atoms with van der Waals surface area (Å²) in [5.74, 6) is 1.08. The monoisotopic (exact) mass is 245 g/mol. The van der Waals surface area contributed by atoms with Crippen LogP contribution in [0, 0.1) is 0 Å². The first-order valence-electron chi connectivity index (χ1n) is 6.93. The molecule has 0 saturated carbocycles. The number of aryl methyl sites for hydroxylation is 1. The third kappa shape index (κ3) is 3.10. The SMILES string of the molecule is CCc1ccc2nc(CCNC(C)CC)[nH]c2c1. The van der Waals surface area contributed by atoms with Gasteiger partial charge in [0, 0.05) is 19.0 Å². The molecule has 0 spiro atoms. The predicted molar refractivity (Wildman–Crippen MR) is 76.9 cm³/mol. The maximum Gasteiger partial charge on any atom is 0.108 e. The van der Waals surface area contributed by atoms with E-state index in [0.29, 0.717) is 6.04 Å². The van der Waals surface area contributed by atoms with Crippen LogP contribution in [-0.4, -0.2) is 22.6 Å². The van der Waals surface area contributed by atoms with Gasteiger partial charge in [-0.25, -0.2) is 4.98 Å². The minimum Gasteiger partial charge on any atom is -0.342 e. The number of rotatable bonds is 6. The van der Waals surface area contributed by atoms with E-state index >= 15 is 0 Å². The Morgan fingerprint density at radius 2 is 2.17 bits per heavy atom. The van der Waals surface area contributed by atoms with Crippen molar-refractivity contribution in [3.05, 3.63) is 29.6 Å². The highest BCUT2D eigenvalue weighted by Crippen LogP contribution is 2.14. The van der Waals surface area contributed by atoms with Gasteiger partial charge in [-0.2, -0.15) is 0 Å². The van der Waals surface area contributed by atoms with Crippen molar-refractivity contribution in [3.63, 3.8) is 0 Å². The summed E-state index contributed by atoms with van der Waals surface area (Å²) in [6.45, 7) is 7.57. The van der Waals surface area contributed by atoms with Gasteiger partial charge in [0.05, 0.1) is 11.0 Å². The van der Waals surface area contributed by atoms with Crippen LogP contribution < -0.4 is 5.32 Å². The number of H-pyrrole nitrogens is 1. The number of benzene rings is 1. The molecule has 2 rings (SSSR count). The Balaban J connectivity index is 2.01. The summed E-state index contributed by atoms with van der Waals surface area (Å²) in [5, 5.41) is 3.49. The van der Waals surface area contributed by atoms with Crippen molar-refractivity contribution >= 4 is 11.0 Å². The Morgan fingerprint density at radius 3 is 2.89 bits per heavy atom. The van der Waals surface area contributed by atoms with Gasteiger partial charge in [-0.15, -0.1) is 0 Å². The van der Waals surface area contributed by atoms with Crippen molar-refractivity contribution in [1.29, 1.82) is 0 Å². The van der Waals surface area contributed by atoms with E-state index in [0.717, 1.165) is 36.2 Å². The van der Waals surface area contributed by atoms with Gasteiger partial charge in [0.2, 0.25) is 0 Å². The molecule has 3 heteroatoms. The molecule has 1 unspecified atom stereocenters. The van der Waals surface area contributed by atoms with Crippen LogP contribution in [0.15, 0.2) is 18.2 Å². The molecule has 98 valence electrons. The van der Waals surface area contributed by atoms with Crippen molar-refractivity contribution in [2.45, 2.75) is 46.1 Å². The van der Waals surface area contributed by atoms with Crippen LogP contribution in [0.4, 0.5) is 0 Å². The van der Waals surface area contributed by atoms with Crippen molar-refractivity contribution in [3.8, 4) is 0 Å². The second-order valence-corrected chi connectivity index (χ2v) is 4.90. The summed E-state index contributed by atoms with van der Waals surface area (Å²) in [6.07, 6.45) is 3.19. The van der Waals surface area contributed by atoms with Crippen LogP contribution >= 0.6 is 0 Å². The maximum absolute atomic E-state index is 4.62. The number of hydrogen-bond acceptors (Lipinski definition) is 2. The van der Waals surface area contributed by atoms with E-state index in [4.69, 9.17) is 0 Å². The molecule has 0 amide bonds. The zero-order valence-electron chi connectivity index (χ0n) is 11.6. The molecular weight excluding hydrogens is 222 g/mol. The van der Waals surface area contributed by atoms with Gasteiger partial charge in [0.1, 0.15) is 5.82 Å². The van der Waals surface area contributed by atoms with Crippen LogP contribution in [0.5, 0.6) is 0 Å². The van der Waals surface area contributed by atoms with Crippen LogP contribution in [0.1, 0.15) is 38.6 Å². The second kappa shape index (κ2) is 6.01. The summed E-state index contributed by atoms with van der Waals surface area (Å²) in [4.78, 5) is 8.03. The molecule has 18 heavy (non-hydrogen) atoms. The zero-order valence-corrected chi connectivity index (χ0v) is 11.6. The van der Waals surface area contributed by atoms with Gasteiger partial charge in [0.15, 0.2) is 0 Å². The molecule has 1 aromatic heterocycles. The number of nitrogens with zero attached hydrogens (tertiary/aromatic N) is 1. The van der Waals surface area contributed by atoms with Crippen molar-refractivity contribution in [1.82, 2.24) is 15.3 Å². The first kappa shape index (κ1) is 13.1. The quantitative estimate of drug-likeness (QED) is 0.821. The van der Waals surface area contributed by atoms with Gasteiger partial charge in [-0.3, -0.25) is 0 Å². The van der Waals surface area contributed by atoms with Gasteiger partial charge in [-0.1, -0.05) is 19.9 Å². The third-order valence-corrected chi connectivity index (χ3v) is 3.47. The number of aromatic amines is 1. The molecule has 2 aromatic rings. The molecule has 3 nitrogen and oxygen atoms in total. The fraction of sp³-hybridized carbons (Fsp3) is 0.533. The highest BCUT2D eigenvalue weighted by molar-refractivity contribution is 5.75. The number of imidazole rings is 1. The Kier molecular flexibility index (Phi) is 4.37. The number of hydrogen-bond donors (Lipinski definition) is 2. The van der Waals surface area contributed by atoms with Gasteiger partial charge >= 0.3 is 0 Å². The lowest BCUT2D eigenvalue weighted by Crippen LogP contribution is -2.27. The van der Waals surface area contributed by atoms with E-state index in [1.807, 2.05) is 0 Å². The first-order valence-corrected chi connectivity index (χ1v) is 6.93.